The molecule has 0 saturated carbocycles. The number of rotatable bonds is 6. The number of benzene rings is 1. The van der Waals surface area contributed by atoms with Gasteiger partial charge in [-0.3, -0.25) is 9.59 Å². The predicted molar refractivity (Wildman–Crippen MR) is 92.3 cm³/mol. The van der Waals surface area contributed by atoms with E-state index in [1.807, 2.05) is 6.92 Å². The molecule has 8 heteroatoms. The molecule has 0 bridgehead atoms. The first-order valence-electron chi connectivity index (χ1n) is 8.25. The van der Waals surface area contributed by atoms with Gasteiger partial charge < -0.3 is 9.64 Å². The van der Waals surface area contributed by atoms with E-state index >= 15 is 0 Å². The van der Waals surface area contributed by atoms with Gasteiger partial charge in [-0.15, -0.1) is 0 Å². The maximum absolute atomic E-state index is 12.2. The number of esters is 1. The number of ether oxygens (including phenoxy) is 1. The third kappa shape index (κ3) is 5.27. The zero-order chi connectivity index (χ0) is 18.4. The van der Waals surface area contributed by atoms with Crippen LogP contribution in [-0.2, 0) is 24.3 Å². The van der Waals surface area contributed by atoms with Gasteiger partial charge in [0.2, 0.25) is 15.9 Å². The van der Waals surface area contributed by atoms with Crippen molar-refractivity contribution in [2.24, 2.45) is 5.92 Å². The molecule has 1 aliphatic heterocycles. The number of carbonyl (C=O) groups is 2. The summed E-state index contributed by atoms with van der Waals surface area (Å²) < 4.78 is 31.5. The molecule has 1 fully saturated rings. The molecular formula is C17H24N2O5S. The van der Waals surface area contributed by atoms with Crippen molar-refractivity contribution in [1.29, 1.82) is 0 Å². The lowest BCUT2D eigenvalue weighted by Gasteiger charge is -2.30. The van der Waals surface area contributed by atoms with Crippen LogP contribution in [0.1, 0.15) is 24.8 Å². The van der Waals surface area contributed by atoms with Crippen LogP contribution in [0.2, 0.25) is 0 Å². The minimum absolute atomic E-state index is 0.0476. The SMILES string of the molecule is COC(=O)C1CCN(C(=O)CCNS(=O)(=O)c2ccc(C)cc2)CC1. The second kappa shape index (κ2) is 8.44. The van der Waals surface area contributed by atoms with Gasteiger partial charge in [-0.05, 0) is 31.9 Å². The Morgan fingerprint density at radius 1 is 1.20 bits per heavy atom. The molecule has 1 saturated heterocycles. The summed E-state index contributed by atoms with van der Waals surface area (Å²) in [4.78, 5) is 25.5. The number of hydrogen-bond donors (Lipinski definition) is 1. The molecule has 0 atom stereocenters. The molecule has 0 aromatic heterocycles. The number of likely N-dealkylation sites (tertiary alicyclic amines) is 1. The molecule has 1 aromatic rings. The highest BCUT2D eigenvalue weighted by Gasteiger charge is 2.27. The van der Waals surface area contributed by atoms with Gasteiger partial charge in [-0.1, -0.05) is 17.7 Å². The fourth-order valence-corrected chi connectivity index (χ4v) is 3.81. The summed E-state index contributed by atoms with van der Waals surface area (Å²) in [5.74, 6) is -0.512. The van der Waals surface area contributed by atoms with E-state index in [1.165, 1.54) is 19.2 Å². The standard InChI is InChI=1S/C17H24N2O5S/c1-13-3-5-15(6-4-13)25(22,23)18-10-7-16(20)19-11-8-14(9-12-19)17(21)24-2/h3-6,14,18H,7-12H2,1-2H3. The van der Waals surface area contributed by atoms with Crippen molar-refractivity contribution >= 4 is 21.9 Å². The number of sulfonamides is 1. The lowest BCUT2D eigenvalue weighted by atomic mass is 9.97. The van der Waals surface area contributed by atoms with Crippen molar-refractivity contribution in [2.45, 2.75) is 31.1 Å². The van der Waals surface area contributed by atoms with Gasteiger partial charge in [0.25, 0.3) is 0 Å². The maximum atomic E-state index is 12.2. The molecule has 0 spiro atoms. The quantitative estimate of drug-likeness (QED) is 0.759. The molecule has 0 radical (unpaired) electrons. The molecule has 1 heterocycles. The predicted octanol–water partition coefficient (Wildman–Crippen LogP) is 1.08. The van der Waals surface area contributed by atoms with Crippen molar-refractivity contribution in [1.82, 2.24) is 9.62 Å². The van der Waals surface area contributed by atoms with Crippen LogP contribution >= 0.6 is 0 Å². The monoisotopic (exact) mass is 368 g/mol. The van der Waals surface area contributed by atoms with Gasteiger partial charge >= 0.3 is 5.97 Å². The van der Waals surface area contributed by atoms with Crippen molar-refractivity contribution in [3.05, 3.63) is 29.8 Å². The van der Waals surface area contributed by atoms with Crippen LogP contribution in [0.4, 0.5) is 0 Å². The topological polar surface area (TPSA) is 92.8 Å². The van der Waals surface area contributed by atoms with Crippen LogP contribution in [0.3, 0.4) is 0 Å². The van der Waals surface area contributed by atoms with Crippen LogP contribution in [0, 0.1) is 12.8 Å². The third-order valence-electron chi connectivity index (χ3n) is 4.34. The van der Waals surface area contributed by atoms with E-state index < -0.39 is 10.0 Å². The number of piperidine rings is 1. The number of amides is 1. The largest absolute Gasteiger partial charge is 0.469 e. The Bertz CT molecular complexity index is 707. The summed E-state index contributed by atoms with van der Waals surface area (Å²) in [7, 11) is -2.25. The average molecular weight is 368 g/mol. The Morgan fingerprint density at radius 2 is 1.80 bits per heavy atom. The highest BCUT2D eigenvalue weighted by molar-refractivity contribution is 7.89. The zero-order valence-corrected chi connectivity index (χ0v) is 15.3. The molecule has 138 valence electrons. The van der Waals surface area contributed by atoms with Crippen LogP contribution in [0.15, 0.2) is 29.2 Å². The van der Waals surface area contributed by atoms with Crippen LogP contribution in [0.5, 0.6) is 0 Å². The highest BCUT2D eigenvalue weighted by Crippen LogP contribution is 2.19. The second-order valence-corrected chi connectivity index (χ2v) is 7.91. The summed E-state index contributed by atoms with van der Waals surface area (Å²) >= 11 is 0. The molecular weight excluding hydrogens is 344 g/mol. The van der Waals surface area contributed by atoms with E-state index in [4.69, 9.17) is 4.74 Å². The number of hydrogen-bond acceptors (Lipinski definition) is 5. The molecule has 0 aliphatic carbocycles. The van der Waals surface area contributed by atoms with Crippen LogP contribution in [0.25, 0.3) is 0 Å². The minimum Gasteiger partial charge on any atom is -0.469 e. The lowest BCUT2D eigenvalue weighted by Crippen LogP contribution is -2.41. The first kappa shape index (κ1) is 19.4. The molecule has 1 aliphatic rings. The Hall–Kier alpha value is -1.93. The molecule has 0 unspecified atom stereocenters. The fraction of sp³-hybridized carbons (Fsp3) is 0.529. The van der Waals surface area contributed by atoms with E-state index in [-0.39, 0.29) is 35.7 Å². The van der Waals surface area contributed by atoms with Gasteiger partial charge in [0.05, 0.1) is 17.9 Å². The Labute approximate surface area is 148 Å². The van der Waals surface area contributed by atoms with Crippen molar-refractivity contribution < 1.29 is 22.7 Å². The molecule has 1 amide bonds. The van der Waals surface area contributed by atoms with E-state index in [1.54, 1.807) is 17.0 Å². The van der Waals surface area contributed by atoms with E-state index in [0.29, 0.717) is 25.9 Å². The molecule has 2 rings (SSSR count). The minimum atomic E-state index is -3.61. The summed E-state index contributed by atoms with van der Waals surface area (Å²) in [5.41, 5.74) is 0.976. The first-order chi connectivity index (χ1) is 11.8. The third-order valence-corrected chi connectivity index (χ3v) is 5.82. The Morgan fingerprint density at radius 3 is 2.36 bits per heavy atom. The summed E-state index contributed by atoms with van der Waals surface area (Å²) in [5, 5.41) is 0. The Kier molecular flexibility index (Phi) is 6.55. The number of methoxy groups -OCH3 is 1. The van der Waals surface area contributed by atoms with Crippen LogP contribution in [-0.4, -0.2) is 51.9 Å². The van der Waals surface area contributed by atoms with Gasteiger partial charge in [0, 0.05) is 26.1 Å². The molecule has 1 aromatic carbocycles. The van der Waals surface area contributed by atoms with Crippen LogP contribution < -0.4 is 4.72 Å². The van der Waals surface area contributed by atoms with Gasteiger partial charge in [0.15, 0.2) is 0 Å². The molecule has 1 N–H and O–H groups in total. The van der Waals surface area contributed by atoms with Gasteiger partial charge in [-0.2, -0.15) is 0 Å². The van der Waals surface area contributed by atoms with E-state index in [2.05, 4.69) is 4.72 Å². The lowest BCUT2D eigenvalue weighted by molar-refractivity contribution is -0.148. The normalized spacial score (nSPS) is 15.8. The van der Waals surface area contributed by atoms with Crippen molar-refractivity contribution in [3.63, 3.8) is 0 Å². The maximum Gasteiger partial charge on any atom is 0.308 e. The van der Waals surface area contributed by atoms with E-state index in [0.717, 1.165) is 5.56 Å². The fourth-order valence-electron chi connectivity index (χ4n) is 2.78. The van der Waals surface area contributed by atoms with E-state index in [9.17, 15) is 18.0 Å². The number of nitrogens with one attached hydrogen (secondary N) is 1. The van der Waals surface area contributed by atoms with Crippen molar-refractivity contribution in [3.8, 4) is 0 Å². The van der Waals surface area contributed by atoms with Gasteiger partial charge in [-0.25, -0.2) is 13.1 Å². The number of carbonyl (C=O) groups excluding carboxylic acids is 2. The van der Waals surface area contributed by atoms with Gasteiger partial charge in [0.1, 0.15) is 0 Å². The zero-order valence-electron chi connectivity index (χ0n) is 14.5. The average Bonchev–Trinajstić information content (AvgIpc) is 2.61. The molecule has 7 nitrogen and oxygen atoms in total. The summed E-state index contributed by atoms with van der Waals surface area (Å²) in [6.45, 7) is 2.91. The smallest absolute Gasteiger partial charge is 0.308 e. The second-order valence-electron chi connectivity index (χ2n) is 6.14. The highest BCUT2D eigenvalue weighted by atomic mass is 32.2. The molecule has 25 heavy (non-hydrogen) atoms. The Balaban J connectivity index is 1.79. The van der Waals surface area contributed by atoms with Crippen molar-refractivity contribution in [2.75, 3.05) is 26.7 Å². The summed E-state index contributed by atoms with van der Waals surface area (Å²) in [6.07, 6.45) is 1.25. The first-order valence-corrected chi connectivity index (χ1v) is 9.74. The number of nitrogens with zero attached hydrogens (tertiary/aromatic N) is 1. The number of aryl methyl sites for hydroxylation is 1. The summed E-state index contributed by atoms with van der Waals surface area (Å²) in [6, 6.07) is 6.53.